The molecule has 3 aromatic carbocycles. The molecule has 0 spiro atoms. The van der Waals surface area contributed by atoms with Crippen LogP contribution in [0.3, 0.4) is 0 Å². The molecule has 0 saturated carbocycles. The molecule has 1 amide bonds. The SMILES string of the molecule is O=C(Cc1csc(Nc2cccc(C(F)(F)F)c2)n1)NN=Cc1ccc(OCc2ccccc2F)c(Cl)c1. The van der Waals surface area contributed by atoms with Gasteiger partial charge in [0.25, 0.3) is 0 Å². The highest BCUT2D eigenvalue weighted by atomic mass is 35.5. The Bertz CT molecular complexity index is 1460. The van der Waals surface area contributed by atoms with Gasteiger partial charge in [-0.05, 0) is 48.0 Å². The van der Waals surface area contributed by atoms with Crippen LogP contribution in [0, 0.1) is 5.82 Å². The van der Waals surface area contributed by atoms with Gasteiger partial charge in [-0.1, -0.05) is 35.9 Å². The fourth-order valence-corrected chi connectivity index (χ4v) is 4.18. The zero-order chi connectivity index (χ0) is 27.1. The lowest BCUT2D eigenvalue weighted by atomic mass is 10.2. The van der Waals surface area contributed by atoms with Crippen LogP contribution < -0.4 is 15.5 Å². The van der Waals surface area contributed by atoms with Gasteiger partial charge in [0.2, 0.25) is 5.91 Å². The van der Waals surface area contributed by atoms with Gasteiger partial charge < -0.3 is 10.1 Å². The first kappa shape index (κ1) is 27.1. The summed E-state index contributed by atoms with van der Waals surface area (Å²) in [5.41, 5.74) is 3.26. The van der Waals surface area contributed by atoms with Gasteiger partial charge in [0.15, 0.2) is 5.13 Å². The standard InChI is InChI=1S/C26H19ClF4N4O2S/c27-21-10-16(8-9-23(21)37-14-17-4-1-2-7-22(17)28)13-32-35-24(36)12-20-15-38-25(34-20)33-19-6-3-5-18(11-19)26(29,30)31/h1-11,13,15H,12,14H2,(H,33,34)(H,35,36). The van der Waals surface area contributed by atoms with E-state index in [1.165, 1.54) is 24.4 Å². The number of anilines is 2. The highest BCUT2D eigenvalue weighted by Crippen LogP contribution is 2.32. The maximum Gasteiger partial charge on any atom is 0.416 e. The van der Waals surface area contributed by atoms with E-state index >= 15 is 0 Å². The topological polar surface area (TPSA) is 75.6 Å². The molecule has 6 nitrogen and oxygen atoms in total. The molecular formula is C26H19ClF4N4O2S. The number of benzene rings is 3. The fraction of sp³-hybridized carbons (Fsp3) is 0.115. The molecule has 0 radical (unpaired) electrons. The number of rotatable bonds is 9. The van der Waals surface area contributed by atoms with Crippen molar-refractivity contribution >= 4 is 45.9 Å². The minimum Gasteiger partial charge on any atom is -0.487 e. The Balaban J connectivity index is 1.27. The van der Waals surface area contributed by atoms with E-state index in [1.807, 2.05) is 0 Å². The molecule has 1 aromatic heterocycles. The first-order valence-electron chi connectivity index (χ1n) is 11.0. The zero-order valence-corrected chi connectivity index (χ0v) is 21.0. The monoisotopic (exact) mass is 562 g/mol. The number of ether oxygens (including phenoxy) is 1. The Labute approximate surface area is 223 Å². The summed E-state index contributed by atoms with van der Waals surface area (Å²) in [5.74, 6) is -0.439. The van der Waals surface area contributed by atoms with Crippen LogP contribution in [0.25, 0.3) is 0 Å². The van der Waals surface area contributed by atoms with Gasteiger partial charge in [-0.15, -0.1) is 11.3 Å². The molecule has 0 atom stereocenters. The van der Waals surface area contributed by atoms with Crippen molar-refractivity contribution in [2.75, 3.05) is 5.32 Å². The summed E-state index contributed by atoms with van der Waals surface area (Å²) >= 11 is 7.40. The third kappa shape index (κ3) is 7.53. The number of hydrogen-bond donors (Lipinski definition) is 2. The van der Waals surface area contributed by atoms with E-state index in [9.17, 15) is 22.4 Å². The second-order valence-corrected chi connectivity index (χ2v) is 9.15. The molecule has 12 heteroatoms. The van der Waals surface area contributed by atoms with Crippen molar-refractivity contribution in [3.63, 3.8) is 0 Å². The maximum absolute atomic E-state index is 13.7. The number of alkyl halides is 3. The average molecular weight is 563 g/mol. The molecule has 2 N–H and O–H groups in total. The third-order valence-corrected chi connectivity index (χ3v) is 6.14. The number of carbonyl (C=O) groups is 1. The van der Waals surface area contributed by atoms with Crippen molar-refractivity contribution in [1.29, 1.82) is 0 Å². The normalized spacial score (nSPS) is 11.5. The van der Waals surface area contributed by atoms with Crippen molar-refractivity contribution in [1.82, 2.24) is 10.4 Å². The van der Waals surface area contributed by atoms with Crippen molar-refractivity contribution in [2.24, 2.45) is 5.10 Å². The predicted octanol–water partition coefficient (Wildman–Crippen LogP) is 6.97. The predicted molar refractivity (Wildman–Crippen MR) is 138 cm³/mol. The number of thiazole rings is 1. The van der Waals surface area contributed by atoms with Gasteiger partial charge in [-0.25, -0.2) is 14.8 Å². The van der Waals surface area contributed by atoms with Crippen LogP contribution in [0.1, 0.15) is 22.4 Å². The molecule has 196 valence electrons. The minimum absolute atomic E-state index is 0.0175. The van der Waals surface area contributed by atoms with Crippen molar-refractivity contribution in [2.45, 2.75) is 19.2 Å². The highest BCUT2D eigenvalue weighted by Gasteiger charge is 2.30. The number of halogens is 5. The van der Waals surface area contributed by atoms with E-state index in [2.05, 4.69) is 20.8 Å². The van der Waals surface area contributed by atoms with Gasteiger partial charge in [0.1, 0.15) is 18.2 Å². The lowest BCUT2D eigenvalue weighted by Crippen LogP contribution is -2.19. The molecule has 0 fully saturated rings. The van der Waals surface area contributed by atoms with E-state index in [4.69, 9.17) is 16.3 Å². The molecule has 0 bridgehead atoms. The molecule has 0 aliphatic heterocycles. The van der Waals surface area contributed by atoms with Crippen molar-refractivity contribution in [3.8, 4) is 5.75 Å². The minimum atomic E-state index is -4.45. The summed E-state index contributed by atoms with van der Waals surface area (Å²) in [4.78, 5) is 16.4. The van der Waals surface area contributed by atoms with E-state index in [1.54, 1.807) is 41.8 Å². The van der Waals surface area contributed by atoms with Crippen LogP contribution in [0.15, 0.2) is 77.2 Å². The Morgan fingerprint density at radius 3 is 2.68 bits per heavy atom. The number of hydrogen-bond acceptors (Lipinski definition) is 6. The Hall–Kier alpha value is -3.96. The van der Waals surface area contributed by atoms with Gasteiger partial charge >= 0.3 is 6.18 Å². The van der Waals surface area contributed by atoms with Crippen LogP contribution in [0.5, 0.6) is 5.75 Å². The second kappa shape index (κ2) is 12.1. The van der Waals surface area contributed by atoms with Crippen LogP contribution in [0.4, 0.5) is 28.4 Å². The van der Waals surface area contributed by atoms with Gasteiger partial charge in [0, 0.05) is 16.6 Å². The van der Waals surface area contributed by atoms with Crippen LogP contribution in [0.2, 0.25) is 5.02 Å². The quantitative estimate of drug-likeness (QED) is 0.131. The third-order valence-electron chi connectivity index (χ3n) is 5.03. The number of nitrogens with one attached hydrogen (secondary N) is 2. The number of aromatic nitrogens is 1. The van der Waals surface area contributed by atoms with Gasteiger partial charge in [-0.2, -0.15) is 18.3 Å². The highest BCUT2D eigenvalue weighted by molar-refractivity contribution is 7.13. The van der Waals surface area contributed by atoms with Crippen molar-refractivity contribution in [3.05, 3.63) is 105 Å². The summed E-state index contributed by atoms with van der Waals surface area (Å²) in [6.45, 7) is 0.0175. The van der Waals surface area contributed by atoms with E-state index in [-0.39, 0.29) is 24.5 Å². The molecule has 0 saturated heterocycles. The van der Waals surface area contributed by atoms with Gasteiger partial charge in [-0.3, -0.25) is 4.79 Å². The molecule has 4 rings (SSSR count). The summed E-state index contributed by atoms with van der Waals surface area (Å²) in [5, 5.41) is 8.98. The maximum atomic E-state index is 13.7. The molecular weight excluding hydrogens is 544 g/mol. The molecule has 0 unspecified atom stereocenters. The first-order valence-corrected chi connectivity index (χ1v) is 12.3. The Kier molecular flexibility index (Phi) is 8.59. The molecule has 0 aliphatic carbocycles. The second-order valence-electron chi connectivity index (χ2n) is 7.89. The van der Waals surface area contributed by atoms with E-state index in [0.29, 0.717) is 32.7 Å². The van der Waals surface area contributed by atoms with E-state index < -0.39 is 17.6 Å². The molecule has 4 aromatic rings. The smallest absolute Gasteiger partial charge is 0.416 e. The lowest BCUT2D eigenvalue weighted by Gasteiger charge is -2.09. The Morgan fingerprint density at radius 2 is 1.92 bits per heavy atom. The van der Waals surface area contributed by atoms with Gasteiger partial charge in [0.05, 0.1) is 28.9 Å². The fourth-order valence-electron chi connectivity index (χ4n) is 3.21. The summed E-state index contributed by atoms with van der Waals surface area (Å²) < 4.78 is 58.0. The van der Waals surface area contributed by atoms with Crippen LogP contribution >= 0.6 is 22.9 Å². The zero-order valence-electron chi connectivity index (χ0n) is 19.4. The summed E-state index contributed by atoms with van der Waals surface area (Å²) in [6, 6.07) is 15.9. The molecule has 1 heterocycles. The summed E-state index contributed by atoms with van der Waals surface area (Å²) in [6.07, 6.45) is -3.14. The summed E-state index contributed by atoms with van der Waals surface area (Å²) in [7, 11) is 0. The Morgan fingerprint density at radius 1 is 1.11 bits per heavy atom. The lowest BCUT2D eigenvalue weighted by molar-refractivity contribution is -0.137. The number of amides is 1. The number of hydrazone groups is 1. The molecule has 38 heavy (non-hydrogen) atoms. The number of carbonyl (C=O) groups excluding carboxylic acids is 1. The molecule has 0 aliphatic rings. The van der Waals surface area contributed by atoms with E-state index in [0.717, 1.165) is 23.5 Å². The van der Waals surface area contributed by atoms with Crippen LogP contribution in [-0.2, 0) is 24.0 Å². The largest absolute Gasteiger partial charge is 0.487 e. The first-order chi connectivity index (χ1) is 18.2. The van der Waals surface area contributed by atoms with Crippen molar-refractivity contribution < 1.29 is 27.1 Å². The number of nitrogens with zero attached hydrogens (tertiary/aromatic N) is 2. The average Bonchev–Trinajstić information content (AvgIpc) is 3.30. The van der Waals surface area contributed by atoms with Crippen LogP contribution in [-0.4, -0.2) is 17.1 Å².